The van der Waals surface area contributed by atoms with E-state index in [1.54, 1.807) is 0 Å². The molecule has 1 aliphatic carbocycles. The number of likely N-dealkylation sites (tertiary alicyclic amines) is 1. The molecule has 1 N–H and O–H groups in total. The van der Waals surface area contributed by atoms with Crippen molar-refractivity contribution in [1.82, 2.24) is 15.4 Å². The van der Waals surface area contributed by atoms with Gasteiger partial charge in [-0.3, -0.25) is 0 Å². The van der Waals surface area contributed by atoms with Crippen LogP contribution >= 0.6 is 0 Å². The molecule has 4 rings (SSSR count). The van der Waals surface area contributed by atoms with Gasteiger partial charge in [-0.15, -0.1) is 0 Å². The Balaban J connectivity index is 1.49. The lowest BCUT2D eigenvalue weighted by Gasteiger charge is -2.25. The topological polar surface area (TPSA) is 58.4 Å². The first-order valence-electron chi connectivity index (χ1n) is 8.30. The number of hydrogen-bond donors (Lipinski definition) is 1. The summed E-state index contributed by atoms with van der Waals surface area (Å²) in [6, 6.07) is 10.4. The fourth-order valence-corrected chi connectivity index (χ4v) is 3.78. The molecule has 2 aliphatic rings. The van der Waals surface area contributed by atoms with Crippen molar-refractivity contribution in [2.45, 2.75) is 44.7 Å². The van der Waals surface area contributed by atoms with Gasteiger partial charge in [0.25, 0.3) is 0 Å². The van der Waals surface area contributed by atoms with E-state index in [2.05, 4.69) is 28.7 Å². The van der Waals surface area contributed by atoms with Crippen LogP contribution in [0.15, 0.2) is 34.9 Å². The standard InChI is InChI=1S/C18H21N3O2/c1-12-11-17(23-20-12)16-7-4-10-21(16)18(22)19-15-9-8-13-5-2-3-6-14(13)15/h2-3,5-6,11,15-16H,4,7-10H2,1H3,(H,19,22). The zero-order valence-electron chi connectivity index (χ0n) is 13.3. The summed E-state index contributed by atoms with van der Waals surface area (Å²) in [7, 11) is 0. The molecule has 1 saturated heterocycles. The molecular weight excluding hydrogens is 290 g/mol. The van der Waals surface area contributed by atoms with Gasteiger partial charge in [-0.2, -0.15) is 0 Å². The van der Waals surface area contributed by atoms with Crippen molar-refractivity contribution in [3.63, 3.8) is 0 Å². The zero-order chi connectivity index (χ0) is 15.8. The number of aryl methyl sites for hydroxylation is 2. The summed E-state index contributed by atoms with van der Waals surface area (Å²) >= 11 is 0. The van der Waals surface area contributed by atoms with Crippen LogP contribution in [0.4, 0.5) is 4.79 Å². The maximum absolute atomic E-state index is 12.8. The normalized spacial score (nSPS) is 23.1. The molecule has 2 aromatic rings. The van der Waals surface area contributed by atoms with Gasteiger partial charge in [0.05, 0.1) is 17.8 Å². The molecule has 2 heterocycles. The molecule has 1 aromatic heterocycles. The van der Waals surface area contributed by atoms with E-state index in [9.17, 15) is 4.79 Å². The van der Waals surface area contributed by atoms with Gasteiger partial charge in [0, 0.05) is 12.6 Å². The third-order valence-corrected chi connectivity index (χ3v) is 4.92. The molecule has 2 amide bonds. The lowest BCUT2D eigenvalue weighted by molar-refractivity contribution is 0.178. The summed E-state index contributed by atoms with van der Waals surface area (Å²) in [6.07, 6.45) is 3.94. The number of amides is 2. The SMILES string of the molecule is Cc1cc(C2CCCN2C(=O)NC2CCc3ccccc32)on1. The number of benzene rings is 1. The number of rotatable bonds is 2. The maximum Gasteiger partial charge on any atom is 0.318 e. The molecule has 1 aromatic carbocycles. The van der Waals surface area contributed by atoms with Gasteiger partial charge >= 0.3 is 6.03 Å². The van der Waals surface area contributed by atoms with Gasteiger partial charge in [0.1, 0.15) is 0 Å². The van der Waals surface area contributed by atoms with E-state index in [1.165, 1.54) is 11.1 Å². The minimum absolute atomic E-state index is 0.00301. The number of carbonyl (C=O) groups excluding carboxylic acids is 1. The molecule has 1 aliphatic heterocycles. The molecule has 2 atom stereocenters. The molecule has 2 unspecified atom stereocenters. The van der Waals surface area contributed by atoms with Crippen LogP contribution in [0.2, 0.25) is 0 Å². The van der Waals surface area contributed by atoms with Gasteiger partial charge < -0.3 is 14.7 Å². The second kappa shape index (κ2) is 5.72. The molecule has 5 heteroatoms. The summed E-state index contributed by atoms with van der Waals surface area (Å²) in [4.78, 5) is 14.6. The predicted octanol–water partition coefficient (Wildman–Crippen LogP) is 3.52. The number of urea groups is 1. The Bertz CT molecular complexity index is 725. The van der Waals surface area contributed by atoms with Gasteiger partial charge in [-0.25, -0.2) is 4.79 Å². The number of hydrogen-bond acceptors (Lipinski definition) is 3. The average Bonchev–Trinajstić information content (AvgIpc) is 3.26. The van der Waals surface area contributed by atoms with Crippen LogP contribution in [-0.2, 0) is 6.42 Å². The second-order valence-electron chi connectivity index (χ2n) is 6.46. The fourth-order valence-electron chi connectivity index (χ4n) is 3.78. The number of fused-ring (bicyclic) bond motifs is 1. The molecule has 0 saturated carbocycles. The summed E-state index contributed by atoms with van der Waals surface area (Å²) < 4.78 is 5.38. The molecule has 1 fully saturated rings. The van der Waals surface area contributed by atoms with E-state index >= 15 is 0 Å². The van der Waals surface area contributed by atoms with Crippen molar-refractivity contribution in [2.24, 2.45) is 0 Å². The number of nitrogens with zero attached hydrogens (tertiary/aromatic N) is 2. The van der Waals surface area contributed by atoms with E-state index in [0.29, 0.717) is 0 Å². The van der Waals surface area contributed by atoms with E-state index in [0.717, 1.165) is 43.7 Å². The molecule has 0 bridgehead atoms. The van der Waals surface area contributed by atoms with E-state index < -0.39 is 0 Å². The Morgan fingerprint density at radius 2 is 2.22 bits per heavy atom. The van der Waals surface area contributed by atoms with Crippen LogP contribution in [0.3, 0.4) is 0 Å². The fraction of sp³-hybridized carbons (Fsp3) is 0.444. The zero-order valence-corrected chi connectivity index (χ0v) is 13.3. The second-order valence-corrected chi connectivity index (χ2v) is 6.46. The lowest BCUT2D eigenvalue weighted by atomic mass is 10.1. The van der Waals surface area contributed by atoms with Crippen molar-refractivity contribution in [2.75, 3.05) is 6.54 Å². The van der Waals surface area contributed by atoms with Crippen molar-refractivity contribution in [3.05, 3.63) is 52.9 Å². The summed E-state index contributed by atoms with van der Waals surface area (Å²) in [6.45, 7) is 2.67. The highest BCUT2D eigenvalue weighted by molar-refractivity contribution is 5.75. The number of nitrogens with one attached hydrogen (secondary N) is 1. The lowest BCUT2D eigenvalue weighted by Crippen LogP contribution is -2.40. The van der Waals surface area contributed by atoms with Gasteiger partial charge in [0.2, 0.25) is 0 Å². The Kier molecular flexibility index (Phi) is 3.56. The largest absolute Gasteiger partial charge is 0.359 e. The number of aromatic nitrogens is 1. The maximum atomic E-state index is 12.8. The van der Waals surface area contributed by atoms with Crippen LogP contribution < -0.4 is 5.32 Å². The first-order valence-corrected chi connectivity index (χ1v) is 8.30. The highest BCUT2D eigenvalue weighted by Gasteiger charge is 2.34. The van der Waals surface area contributed by atoms with E-state index in [1.807, 2.05) is 24.0 Å². The summed E-state index contributed by atoms with van der Waals surface area (Å²) in [5.41, 5.74) is 3.46. The van der Waals surface area contributed by atoms with Crippen LogP contribution in [0.1, 0.15) is 53.9 Å². The Morgan fingerprint density at radius 1 is 1.35 bits per heavy atom. The van der Waals surface area contributed by atoms with E-state index in [-0.39, 0.29) is 18.1 Å². The minimum Gasteiger partial charge on any atom is -0.359 e. The highest BCUT2D eigenvalue weighted by atomic mass is 16.5. The van der Waals surface area contributed by atoms with Crippen LogP contribution in [0.25, 0.3) is 0 Å². The Morgan fingerprint density at radius 3 is 3.04 bits per heavy atom. The van der Waals surface area contributed by atoms with Crippen molar-refractivity contribution >= 4 is 6.03 Å². The van der Waals surface area contributed by atoms with Gasteiger partial charge in [0.15, 0.2) is 5.76 Å². The first kappa shape index (κ1) is 14.3. The molecule has 0 spiro atoms. The monoisotopic (exact) mass is 311 g/mol. The quantitative estimate of drug-likeness (QED) is 0.923. The van der Waals surface area contributed by atoms with Gasteiger partial charge in [-0.05, 0) is 43.7 Å². The third kappa shape index (κ3) is 2.60. The highest BCUT2D eigenvalue weighted by Crippen LogP contribution is 2.34. The molecule has 0 radical (unpaired) electrons. The smallest absolute Gasteiger partial charge is 0.318 e. The molecule has 120 valence electrons. The third-order valence-electron chi connectivity index (χ3n) is 4.92. The van der Waals surface area contributed by atoms with Crippen LogP contribution in [0, 0.1) is 6.92 Å². The molecule has 23 heavy (non-hydrogen) atoms. The summed E-state index contributed by atoms with van der Waals surface area (Å²) in [5, 5.41) is 7.16. The Labute approximate surface area is 135 Å². The molecule has 5 nitrogen and oxygen atoms in total. The summed E-state index contributed by atoms with van der Waals surface area (Å²) in [5.74, 6) is 0.793. The van der Waals surface area contributed by atoms with Gasteiger partial charge in [-0.1, -0.05) is 29.4 Å². The average molecular weight is 311 g/mol. The van der Waals surface area contributed by atoms with Crippen LogP contribution in [0.5, 0.6) is 0 Å². The molecular formula is C18H21N3O2. The predicted molar refractivity (Wildman–Crippen MR) is 86.0 cm³/mol. The minimum atomic E-state index is 0.00301. The van der Waals surface area contributed by atoms with Crippen molar-refractivity contribution in [3.8, 4) is 0 Å². The number of carbonyl (C=O) groups is 1. The Hall–Kier alpha value is -2.30. The van der Waals surface area contributed by atoms with Crippen LogP contribution in [-0.4, -0.2) is 22.6 Å². The van der Waals surface area contributed by atoms with Crippen molar-refractivity contribution in [1.29, 1.82) is 0 Å². The first-order chi connectivity index (χ1) is 11.2. The van der Waals surface area contributed by atoms with E-state index in [4.69, 9.17) is 4.52 Å². The van der Waals surface area contributed by atoms with Crippen molar-refractivity contribution < 1.29 is 9.32 Å².